The van der Waals surface area contributed by atoms with Crippen molar-refractivity contribution in [1.29, 1.82) is 0 Å². The molecule has 1 aliphatic heterocycles. The van der Waals surface area contributed by atoms with Gasteiger partial charge in [-0.3, -0.25) is 19.3 Å². The Bertz CT molecular complexity index is 1020. The molecule has 2 aromatic carbocycles. The van der Waals surface area contributed by atoms with Gasteiger partial charge in [-0.25, -0.2) is 0 Å². The predicted molar refractivity (Wildman–Crippen MR) is 113 cm³/mol. The first-order chi connectivity index (χ1) is 14.4. The highest BCUT2D eigenvalue weighted by atomic mass is 35.5. The summed E-state index contributed by atoms with van der Waals surface area (Å²) in [5, 5.41) is 0.0825. The van der Waals surface area contributed by atoms with Gasteiger partial charge in [-0.05, 0) is 41.6 Å². The second kappa shape index (κ2) is 9.69. The van der Waals surface area contributed by atoms with Crippen LogP contribution in [0.3, 0.4) is 0 Å². The number of hydrogen-bond donors (Lipinski definition) is 0. The van der Waals surface area contributed by atoms with Crippen molar-refractivity contribution in [1.82, 2.24) is 4.90 Å². The lowest BCUT2D eigenvalue weighted by molar-refractivity contribution is -0.143. The topological polar surface area (TPSA) is 82.1 Å². The maximum atomic E-state index is 12.4. The Labute approximate surface area is 182 Å². The zero-order valence-electron chi connectivity index (χ0n) is 16.2. The third kappa shape index (κ3) is 4.95. The quantitative estimate of drug-likeness (QED) is 0.466. The molecule has 0 unspecified atom stereocenters. The fourth-order valence-electron chi connectivity index (χ4n) is 2.65. The largest absolute Gasteiger partial charge is 0.493 e. The summed E-state index contributed by atoms with van der Waals surface area (Å²) in [6, 6.07) is 12.5. The number of methoxy groups -OCH3 is 2. The van der Waals surface area contributed by atoms with Crippen LogP contribution in [-0.2, 0) is 20.9 Å². The van der Waals surface area contributed by atoms with E-state index in [0.717, 1.165) is 22.2 Å². The van der Waals surface area contributed by atoms with Crippen molar-refractivity contribution in [2.75, 3.05) is 20.8 Å². The Hall–Kier alpha value is -2.97. The van der Waals surface area contributed by atoms with E-state index in [4.69, 9.17) is 21.1 Å². The molecule has 0 bridgehead atoms. The number of benzene rings is 2. The van der Waals surface area contributed by atoms with Gasteiger partial charge in [0.1, 0.15) is 13.2 Å². The Kier molecular flexibility index (Phi) is 7.02. The van der Waals surface area contributed by atoms with Gasteiger partial charge in [0.2, 0.25) is 0 Å². The number of carbonyl (C=O) groups is 3. The summed E-state index contributed by atoms with van der Waals surface area (Å²) in [6.07, 6.45) is 1.56. The summed E-state index contributed by atoms with van der Waals surface area (Å²) in [7, 11) is 2.70. The maximum absolute atomic E-state index is 12.4. The van der Waals surface area contributed by atoms with E-state index in [1.165, 1.54) is 14.2 Å². The smallest absolute Gasteiger partial charge is 0.325 e. The van der Waals surface area contributed by atoms with Crippen LogP contribution in [0.5, 0.6) is 11.5 Å². The van der Waals surface area contributed by atoms with E-state index < -0.39 is 23.7 Å². The molecule has 1 saturated heterocycles. The SMILES string of the molecule is COC(=O)CN1C(=O)S/C(=C/c2ccc(OCc3ccccc3Cl)c(OC)c2)C1=O. The molecule has 3 rings (SSSR count). The predicted octanol–water partition coefficient (Wildman–Crippen LogP) is 4.14. The molecule has 9 heteroatoms. The molecular weight excluding hydrogens is 430 g/mol. The Balaban J connectivity index is 1.76. The molecule has 2 amide bonds. The Morgan fingerprint density at radius 2 is 1.90 bits per heavy atom. The lowest BCUT2D eigenvalue weighted by atomic mass is 10.1. The lowest BCUT2D eigenvalue weighted by Gasteiger charge is -2.12. The summed E-state index contributed by atoms with van der Waals surface area (Å²) in [4.78, 5) is 36.9. The van der Waals surface area contributed by atoms with Crippen LogP contribution in [0.4, 0.5) is 4.79 Å². The zero-order valence-corrected chi connectivity index (χ0v) is 17.8. The molecule has 0 aliphatic carbocycles. The van der Waals surface area contributed by atoms with E-state index in [2.05, 4.69) is 4.74 Å². The average Bonchev–Trinajstić information content (AvgIpc) is 3.00. The van der Waals surface area contributed by atoms with Gasteiger partial charge in [0, 0.05) is 10.6 Å². The van der Waals surface area contributed by atoms with Gasteiger partial charge in [-0.1, -0.05) is 35.9 Å². The van der Waals surface area contributed by atoms with Crippen molar-refractivity contribution >= 4 is 46.6 Å². The molecule has 1 fully saturated rings. The minimum absolute atomic E-state index is 0.204. The third-order valence-corrected chi connectivity index (χ3v) is 5.49. The van der Waals surface area contributed by atoms with Gasteiger partial charge in [0.25, 0.3) is 11.1 Å². The molecule has 0 N–H and O–H groups in total. The Morgan fingerprint density at radius 1 is 1.13 bits per heavy atom. The van der Waals surface area contributed by atoms with Crippen LogP contribution in [0.15, 0.2) is 47.4 Å². The molecule has 1 heterocycles. The lowest BCUT2D eigenvalue weighted by Crippen LogP contribution is -2.34. The normalized spacial score (nSPS) is 14.9. The minimum Gasteiger partial charge on any atom is -0.493 e. The van der Waals surface area contributed by atoms with Crippen molar-refractivity contribution in [3.05, 3.63) is 63.5 Å². The van der Waals surface area contributed by atoms with Crippen molar-refractivity contribution in [2.24, 2.45) is 0 Å². The highest BCUT2D eigenvalue weighted by Crippen LogP contribution is 2.35. The van der Waals surface area contributed by atoms with Gasteiger partial charge >= 0.3 is 5.97 Å². The van der Waals surface area contributed by atoms with Crippen molar-refractivity contribution in [3.63, 3.8) is 0 Å². The number of thioether (sulfide) groups is 1. The monoisotopic (exact) mass is 447 g/mol. The molecule has 0 radical (unpaired) electrons. The summed E-state index contributed by atoms with van der Waals surface area (Å²) >= 11 is 6.91. The number of carbonyl (C=O) groups excluding carboxylic acids is 3. The number of nitrogens with zero attached hydrogens (tertiary/aromatic N) is 1. The molecule has 0 spiro atoms. The van der Waals surface area contributed by atoms with E-state index >= 15 is 0 Å². The first-order valence-corrected chi connectivity index (χ1v) is 9.98. The van der Waals surface area contributed by atoms with Crippen LogP contribution in [0.1, 0.15) is 11.1 Å². The molecular formula is C21H18ClNO6S. The van der Waals surface area contributed by atoms with Crippen LogP contribution >= 0.6 is 23.4 Å². The molecule has 7 nitrogen and oxygen atoms in total. The van der Waals surface area contributed by atoms with Gasteiger partial charge < -0.3 is 14.2 Å². The highest BCUT2D eigenvalue weighted by molar-refractivity contribution is 8.18. The number of halogens is 1. The number of esters is 1. The van der Waals surface area contributed by atoms with E-state index in [1.807, 2.05) is 18.2 Å². The third-order valence-electron chi connectivity index (χ3n) is 4.21. The second-order valence-electron chi connectivity index (χ2n) is 6.13. The molecule has 156 valence electrons. The van der Waals surface area contributed by atoms with Crippen LogP contribution in [0.2, 0.25) is 5.02 Å². The van der Waals surface area contributed by atoms with Gasteiger partial charge in [-0.2, -0.15) is 0 Å². The maximum Gasteiger partial charge on any atom is 0.325 e. The summed E-state index contributed by atoms with van der Waals surface area (Å²) in [5.74, 6) is -0.244. The van der Waals surface area contributed by atoms with E-state index in [0.29, 0.717) is 22.1 Å². The fraction of sp³-hybridized carbons (Fsp3) is 0.190. The van der Waals surface area contributed by atoms with E-state index in [9.17, 15) is 14.4 Å². The van der Waals surface area contributed by atoms with Crippen molar-refractivity contribution < 1.29 is 28.6 Å². The fourth-order valence-corrected chi connectivity index (χ4v) is 3.67. The first-order valence-electron chi connectivity index (χ1n) is 8.79. The van der Waals surface area contributed by atoms with Crippen molar-refractivity contribution in [3.8, 4) is 11.5 Å². The number of ether oxygens (including phenoxy) is 3. The molecule has 0 saturated carbocycles. The molecule has 0 aromatic heterocycles. The number of amides is 2. The van der Waals surface area contributed by atoms with Gasteiger partial charge in [0.05, 0.1) is 19.1 Å². The molecule has 2 aromatic rings. The summed E-state index contributed by atoms with van der Waals surface area (Å²) in [6.45, 7) is -0.154. The highest BCUT2D eigenvalue weighted by Gasteiger charge is 2.36. The van der Waals surface area contributed by atoms with Crippen LogP contribution < -0.4 is 9.47 Å². The first kappa shape index (κ1) is 21.7. The molecule has 0 atom stereocenters. The van der Waals surface area contributed by atoms with E-state index in [1.54, 1.807) is 30.3 Å². The number of imide groups is 1. The van der Waals surface area contributed by atoms with Crippen LogP contribution in [0.25, 0.3) is 6.08 Å². The number of rotatable bonds is 7. The van der Waals surface area contributed by atoms with Crippen molar-refractivity contribution in [2.45, 2.75) is 6.61 Å². The minimum atomic E-state index is -0.666. The van der Waals surface area contributed by atoms with Crippen LogP contribution in [0, 0.1) is 0 Å². The van der Waals surface area contributed by atoms with Crippen LogP contribution in [-0.4, -0.2) is 42.8 Å². The Morgan fingerprint density at radius 3 is 2.60 bits per heavy atom. The average molecular weight is 448 g/mol. The summed E-state index contributed by atoms with van der Waals surface area (Å²) < 4.78 is 15.7. The standard InChI is InChI=1S/C21H18ClNO6S/c1-27-17-9-13(7-8-16(17)29-12-14-5-3-4-6-15(14)22)10-18-20(25)23(21(26)30-18)11-19(24)28-2/h3-10H,11-12H2,1-2H3/b18-10+. The van der Waals surface area contributed by atoms with Gasteiger partial charge in [-0.15, -0.1) is 0 Å². The molecule has 1 aliphatic rings. The van der Waals surface area contributed by atoms with E-state index in [-0.39, 0.29) is 11.5 Å². The summed E-state index contributed by atoms with van der Waals surface area (Å²) in [5.41, 5.74) is 1.48. The molecule has 30 heavy (non-hydrogen) atoms. The number of hydrogen-bond acceptors (Lipinski definition) is 7. The second-order valence-corrected chi connectivity index (χ2v) is 7.53. The van der Waals surface area contributed by atoms with Gasteiger partial charge in [0.15, 0.2) is 11.5 Å². The zero-order chi connectivity index (χ0) is 21.7.